The molecule has 0 bridgehead atoms. The molecule has 10 heteroatoms. The van der Waals surface area contributed by atoms with Crippen LogP contribution in [0.25, 0.3) is 0 Å². The first-order valence-electron chi connectivity index (χ1n) is 12.7. The number of carboxylic acid groups (broad SMARTS) is 3. The third-order valence-corrected chi connectivity index (χ3v) is 7.52. The number of rotatable bonds is 10. The summed E-state index contributed by atoms with van der Waals surface area (Å²) in [4.78, 5) is 30.5. The molecule has 1 aliphatic heterocycles. The number of nitrogens with one attached hydrogen (secondary N) is 1. The first kappa shape index (κ1) is 28.6. The number of aliphatic carboxylic acids is 3. The van der Waals surface area contributed by atoms with E-state index in [0.29, 0.717) is 12.0 Å². The number of fused-ring (bicyclic) bond motifs is 1. The Morgan fingerprint density at radius 3 is 2.16 bits per heavy atom. The van der Waals surface area contributed by atoms with Crippen molar-refractivity contribution < 1.29 is 44.3 Å². The second-order valence-corrected chi connectivity index (χ2v) is 10.00. The second kappa shape index (κ2) is 13.0. The Kier molecular flexibility index (Phi) is 10.1. The zero-order valence-corrected chi connectivity index (χ0v) is 21.1. The summed E-state index contributed by atoms with van der Waals surface area (Å²) in [5, 5.41) is 37.7. The maximum atomic E-state index is 10.3. The normalized spacial score (nSPS) is 24.9. The molecule has 2 aliphatic carbocycles. The van der Waals surface area contributed by atoms with E-state index < -0.39 is 36.4 Å². The van der Waals surface area contributed by atoms with Crippen molar-refractivity contribution in [2.75, 3.05) is 26.9 Å². The zero-order chi connectivity index (χ0) is 27.0. The fraction of sp³-hybridized carbons (Fsp3) is 0.593. The Morgan fingerprint density at radius 1 is 1.03 bits per heavy atom. The van der Waals surface area contributed by atoms with Crippen molar-refractivity contribution in [3.8, 4) is 5.75 Å². The Balaban J connectivity index is 0.000000251. The first-order valence-corrected chi connectivity index (χ1v) is 12.7. The molecule has 204 valence electrons. The molecule has 1 aromatic carbocycles. The van der Waals surface area contributed by atoms with Gasteiger partial charge in [-0.1, -0.05) is 31.1 Å². The third kappa shape index (κ3) is 7.53. The van der Waals surface area contributed by atoms with Crippen molar-refractivity contribution in [3.63, 3.8) is 0 Å². The Hall–Kier alpha value is -2.95. The summed E-state index contributed by atoms with van der Waals surface area (Å²) in [6.45, 7) is 2.67. The van der Waals surface area contributed by atoms with Crippen LogP contribution in [0.5, 0.6) is 5.75 Å². The number of benzene rings is 1. The minimum atomic E-state index is -2.74. The van der Waals surface area contributed by atoms with E-state index in [1.54, 1.807) is 7.11 Å². The molecule has 4 atom stereocenters. The van der Waals surface area contributed by atoms with Crippen LogP contribution < -0.4 is 10.1 Å². The van der Waals surface area contributed by atoms with Crippen LogP contribution in [-0.4, -0.2) is 76.8 Å². The van der Waals surface area contributed by atoms with Gasteiger partial charge >= 0.3 is 17.9 Å². The lowest BCUT2D eigenvalue weighted by Crippen LogP contribution is -2.58. The predicted octanol–water partition coefficient (Wildman–Crippen LogP) is 2.66. The lowest BCUT2D eigenvalue weighted by molar-refractivity contribution is -0.170. The summed E-state index contributed by atoms with van der Waals surface area (Å²) in [7, 11) is 1.74. The van der Waals surface area contributed by atoms with Crippen LogP contribution in [0.4, 0.5) is 0 Å². The highest BCUT2D eigenvalue weighted by Crippen LogP contribution is 2.54. The standard InChI is InChI=1S/C21H29NO2.C6H8O7/c1-23-17-10-8-16(9-11-17)20-18-6-2-3-7-19(18)21(20)22-13-15-5-4-12-24-14-15;7-3(8)1-6(13,5(11)12)2-4(9)10/h5,8-11,18-22H,2-4,6-7,12-14H2,1H3;13H,1-2H2,(H,7,8)(H,9,10)(H,11,12)/t18?,19?,20-,21-;/m0./s1. The molecule has 0 aromatic heterocycles. The lowest BCUT2D eigenvalue weighted by Gasteiger charge is -2.55. The molecular formula is C27H37NO9. The van der Waals surface area contributed by atoms with Gasteiger partial charge in [0.05, 0.1) is 33.2 Å². The van der Waals surface area contributed by atoms with Gasteiger partial charge in [-0.3, -0.25) is 9.59 Å². The zero-order valence-electron chi connectivity index (χ0n) is 21.1. The van der Waals surface area contributed by atoms with Gasteiger partial charge in [0.25, 0.3) is 0 Å². The van der Waals surface area contributed by atoms with Crippen LogP contribution in [0.1, 0.15) is 56.4 Å². The fourth-order valence-corrected chi connectivity index (χ4v) is 5.72. The van der Waals surface area contributed by atoms with Gasteiger partial charge < -0.3 is 35.2 Å². The summed E-state index contributed by atoms with van der Waals surface area (Å²) in [6, 6.07) is 9.38. The smallest absolute Gasteiger partial charge is 0.336 e. The minimum absolute atomic E-state index is 0.617. The topological polar surface area (TPSA) is 163 Å². The highest BCUT2D eigenvalue weighted by Gasteiger charge is 2.50. The molecule has 0 amide bonds. The highest BCUT2D eigenvalue weighted by atomic mass is 16.5. The average molecular weight is 520 g/mol. The van der Waals surface area contributed by atoms with Crippen molar-refractivity contribution in [1.29, 1.82) is 0 Å². The van der Waals surface area contributed by atoms with E-state index in [-0.39, 0.29) is 0 Å². The second-order valence-electron chi connectivity index (χ2n) is 10.00. The lowest BCUT2D eigenvalue weighted by atomic mass is 9.53. The maximum Gasteiger partial charge on any atom is 0.336 e. The van der Waals surface area contributed by atoms with Crippen LogP contribution in [0, 0.1) is 11.8 Å². The Morgan fingerprint density at radius 2 is 1.65 bits per heavy atom. The van der Waals surface area contributed by atoms with Crippen LogP contribution >= 0.6 is 0 Å². The number of hydrogen-bond donors (Lipinski definition) is 5. The van der Waals surface area contributed by atoms with Gasteiger partial charge in [-0.25, -0.2) is 4.79 Å². The molecule has 4 rings (SSSR count). The quantitative estimate of drug-likeness (QED) is 0.290. The summed E-state index contributed by atoms with van der Waals surface area (Å²) in [6.07, 6.45) is 6.73. The molecule has 37 heavy (non-hydrogen) atoms. The molecule has 2 saturated carbocycles. The van der Waals surface area contributed by atoms with E-state index >= 15 is 0 Å². The van der Waals surface area contributed by atoms with Gasteiger partial charge in [-0.05, 0) is 54.4 Å². The summed E-state index contributed by atoms with van der Waals surface area (Å²) in [5.41, 5.74) is 0.164. The molecule has 5 N–H and O–H groups in total. The van der Waals surface area contributed by atoms with E-state index in [1.807, 2.05) is 0 Å². The molecule has 0 radical (unpaired) electrons. The largest absolute Gasteiger partial charge is 0.497 e. The molecule has 1 aromatic rings. The van der Waals surface area contributed by atoms with E-state index in [4.69, 9.17) is 29.9 Å². The van der Waals surface area contributed by atoms with Gasteiger partial charge in [-0.2, -0.15) is 0 Å². The highest BCUT2D eigenvalue weighted by molar-refractivity contribution is 5.88. The van der Waals surface area contributed by atoms with Crippen LogP contribution in [-0.2, 0) is 19.1 Å². The first-order chi connectivity index (χ1) is 17.6. The summed E-state index contributed by atoms with van der Waals surface area (Å²) < 4.78 is 10.9. The number of carbonyl (C=O) groups is 3. The predicted molar refractivity (Wildman–Crippen MR) is 134 cm³/mol. The summed E-state index contributed by atoms with van der Waals surface area (Å²) >= 11 is 0. The Labute approximate surface area is 216 Å². The van der Waals surface area contributed by atoms with E-state index in [0.717, 1.165) is 43.8 Å². The number of carboxylic acids is 3. The average Bonchev–Trinajstić information content (AvgIpc) is 2.85. The Bertz CT molecular complexity index is 959. The van der Waals surface area contributed by atoms with Gasteiger partial charge in [0, 0.05) is 18.5 Å². The van der Waals surface area contributed by atoms with Gasteiger partial charge in [0.15, 0.2) is 5.60 Å². The van der Waals surface area contributed by atoms with Crippen molar-refractivity contribution in [2.45, 2.75) is 62.5 Å². The van der Waals surface area contributed by atoms with Crippen LogP contribution in [0.15, 0.2) is 35.9 Å². The van der Waals surface area contributed by atoms with E-state index in [2.05, 4.69) is 35.7 Å². The van der Waals surface area contributed by atoms with Crippen LogP contribution in [0.2, 0.25) is 0 Å². The fourth-order valence-electron chi connectivity index (χ4n) is 5.72. The van der Waals surface area contributed by atoms with Crippen molar-refractivity contribution in [3.05, 3.63) is 41.5 Å². The molecule has 2 unspecified atom stereocenters. The maximum absolute atomic E-state index is 10.3. The molecule has 10 nitrogen and oxygen atoms in total. The number of aliphatic hydroxyl groups is 1. The number of methoxy groups -OCH3 is 1. The molecule has 3 aliphatic rings. The molecular weight excluding hydrogens is 482 g/mol. The number of hydrogen-bond acceptors (Lipinski definition) is 7. The van der Waals surface area contributed by atoms with Crippen molar-refractivity contribution in [1.82, 2.24) is 5.32 Å². The summed E-state index contributed by atoms with van der Waals surface area (Å²) in [5.74, 6) is -1.69. The van der Waals surface area contributed by atoms with Gasteiger partial charge in [-0.15, -0.1) is 0 Å². The number of ether oxygens (including phenoxy) is 2. The molecule has 0 saturated heterocycles. The van der Waals surface area contributed by atoms with Crippen molar-refractivity contribution in [2.24, 2.45) is 11.8 Å². The molecule has 2 fully saturated rings. The molecule has 0 spiro atoms. The van der Waals surface area contributed by atoms with E-state index in [1.165, 1.54) is 36.8 Å². The van der Waals surface area contributed by atoms with E-state index in [9.17, 15) is 14.4 Å². The molecule has 1 heterocycles. The van der Waals surface area contributed by atoms with Gasteiger partial charge in [0.1, 0.15) is 5.75 Å². The third-order valence-electron chi connectivity index (χ3n) is 7.52. The minimum Gasteiger partial charge on any atom is -0.497 e. The SMILES string of the molecule is COc1ccc([C@H]2C3CCCCC3[C@@H]2NCC2=CCCOC2)cc1.O=C(O)CC(O)(CC(=O)O)C(=O)O. The van der Waals surface area contributed by atoms with Crippen LogP contribution in [0.3, 0.4) is 0 Å². The monoisotopic (exact) mass is 519 g/mol. The van der Waals surface area contributed by atoms with Crippen molar-refractivity contribution >= 4 is 17.9 Å². The van der Waals surface area contributed by atoms with Gasteiger partial charge in [0.2, 0.25) is 0 Å².